The van der Waals surface area contributed by atoms with Crippen molar-refractivity contribution in [1.82, 2.24) is 0 Å². The summed E-state index contributed by atoms with van der Waals surface area (Å²) in [4.78, 5) is 4.70. The summed E-state index contributed by atoms with van der Waals surface area (Å²) >= 11 is 10.8. The fraction of sp³-hybridized carbons (Fsp3) is 0.250. The van der Waals surface area contributed by atoms with Crippen LogP contribution in [0.25, 0.3) is 0 Å². The minimum Gasteiger partial charge on any atom is -0.143 e. The molecule has 3 heteroatoms. The highest BCUT2D eigenvalue weighted by molar-refractivity contribution is 7.99. The lowest BCUT2D eigenvalue weighted by Gasteiger charge is -2.11. The van der Waals surface area contributed by atoms with Gasteiger partial charge in [-0.2, -0.15) is 0 Å². The van der Waals surface area contributed by atoms with Gasteiger partial charge < -0.3 is 0 Å². The van der Waals surface area contributed by atoms with Crippen LogP contribution in [0.2, 0.25) is 0 Å². The lowest BCUT2D eigenvalue weighted by Crippen LogP contribution is -1.87. The molecule has 0 unspecified atom stereocenters. The van der Waals surface area contributed by atoms with Gasteiger partial charge in [0.05, 0.1) is 0 Å². The molecule has 0 aliphatic carbocycles. The molecule has 0 atom stereocenters. The lowest BCUT2D eigenvalue weighted by atomic mass is 10.1. The highest BCUT2D eigenvalue weighted by Gasteiger charge is 2.06. The molecule has 0 nitrogen and oxygen atoms in total. The third-order valence-electron chi connectivity index (χ3n) is 3.16. The minimum absolute atomic E-state index is 1.09. The van der Waals surface area contributed by atoms with E-state index in [0.29, 0.717) is 0 Å². The van der Waals surface area contributed by atoms with Crippen LogP contribution >= 0.6 is 37.0 Å². The van der Waals surface area contributed by atoms with Crippen LogP contribution in [0, 0.1) is 27.7 Å². The molecule has 0 heterocycles. The molecular weight excluding hydrogens is 288 g/mol. The molecule has 0 saturated carbocycles. The van der Waals surface area contributed by atoms with Crippen molar-refractivity contribution in [3.05, 3.63) is 46.5 Å². The molecule has 0 N–H and O–H groups in total. The average Bonchev–Trinajstić information content (AvgIpc) is 2.33. The summed E-state index contributed by atoms with van der Waals surface area (Å²) in [6, 6.07) is 8.77. The number of thiol groups is 2. The molecule has 0 bridgehead atoms. The summed E-state index contributed by atoms with van der Waals surface area (Å²) in [7, 11) is 0. The van der Waals surface area contributed by atoms with Crippen LogP contribution in [0.15, 0.2) is 43.8 Å². The molecule has 0 aliphatic heterocycles. The van der Waals surface area contributed by atoms with Crippen LogP contribution in [0.4, 0.5) is 0 Å². The maximum Gasteiger partial charge on any atom is 0.0128 e. The van der Waals surface area contributed by atoms with Gasteiger partial charge in [0.1, 0.15) is 0 Å². The van der Waals surface area contributed by atoms with Gasteiger partial charge in [0.25, 0.3) is 0 Å². The van der Waals surface area contributed by atoms with E-state index in [9.17, 15) is 0 Å². The van der Waals surface area contributed by atoms with E-state index in [4.69, 9.17) is 0 Å². The van der Waals surface area contributed by atoms with Gasteiger partial charge in [0.15, 0.2) is 0 Å². The van der Waals surface area contributed by atoms with Gasteiger partial charge in [-0.1, -0.05) is 11.8 Å². The first kappa shape index (κ1) is 14.9. The van der Waals surface area contributed by atoms with Crippen molar-refractivity contribution in [2.75, 3.05) is 0 Å². The van der Waals surface area contributed by atoms with Gasteiger partial charge >= 0.3 is 0 Å². The Morgan fingerprint density at radius 2 is 0.895 bits per heavy atom. The van der Waals surface area contributed by atoms with Crippen LogP contribution in [-0.4, -0.2) is 0 Å². The smallest absolute Gasteiger partial charge is 0.0128 e. The molecular formula is C16H18S3. The SMILES string of the molecule is Cc1cc(Sc2cc(C)c(S)c(C)c2)cc(C)c1S. The first-order chi connectivity index (χ1) is 8.88. The monoisotopic (exact) mass is 306 g/mol. The van der Waals surface area contributed by atoms with Crippen molar-refractivity contribution in [2.24, 2.45) is 0 Å². The Bertz CT molecular complexity index is 528. The second-order valence-electron chi connectivity index (χ2n) is 4.91. The van der Waals surface area contributed by atoms with E-state index in [1.165, 1.54) is 32.0 Å². The fourth-order valence-corrected chi connectivity index (χ4v) is 3.56. The van der Waals surface area contributed by atoms with Crippen LogP contribution in [0.3, 0.4) is 0 Å². The van der Waals surface area contributed by atoms with Crippen LogP contribution in [0.5, 0.6) is 0 Å². The number of benzene rings is 2. The highest BCUT2D eigenvalue weighted by atomic mass is 32.2. The normalized spacial score (nSPS) is 10.8. The zero-order valence-corrected chi connectivity index (χ0v) is 14.2. The zero-order chi connectivity index (χ0) is 14.2. The van der Waals surface area contributed by atoms with E-state index < -0.39 is 0 Å². The minimum atomic E-state index is 1.09. The van der Waals surface area contributed by atoms with E-state index in [0.717, 1.165) is 9.79 Å². The molecule has 0 amide bonds. The third-order valence-corrected chi connectivity index (χ3v) is 5.52. The van der Waals surface area contributed by atoms with Gasteiger partial charge in [-0.05, 0) is 74.2 Å². The quantitative estimate of drug-likeness (QED) is 0.676. The van der Waals surface area contributed by atoms with Crippen LogP contribution in [-0.2, 0) is 0 Å². The molecule has 2 rings (SSSR count). The van der Waals surface area contributed by atoms with Crippen molar-refractivity contribution in [3.63, 3.8) is 0 Å². The van der Waals surface area contributed by atoms with E-state index in [1.54, 1.807) is 11.8 Å². The summed E-state index contributed by atoms with van der Waals surface area (Å²) in [6.45, 7) is 8.42. The van der Waals surface area contributed by atoms with Crippen molar-refractivity contribution in [3.8, 4) is 0 Å². The molecule has 2 aromatic carbocycles. The molecule has 0 radical (unpaired) electrons. The Kier molecular flexibility index (Phi) is 4.59. The van der Waals surface area contributed by atoms with Gasteiger partial charge in [-0.25, -0.2) is 0 Å². The van der Waals surface area contributed by atoms with Crippen molar-refractivity contribution in [1.29, 1.82) is 0 Å². The molecule has 0 fully saturated rings. The standard InChI is InChI=1S/C16H18S3/c1-9-5-13(6-10(2)15(9)17)19-14-7-11(3)16(18)12(4)8-14/h5-8,17-18H,1-4H3. The van der Waals surface area contributed by atoms with Crippen molar-refractivity contribution >= 4 is 37.0 Å². The molecule has 0 aromatic heterocycles. The largest absolute Gasteiger partial charge is 0.143 e. The Hall–Kier alpha value is -0.510. The number of hydrogen-bond donors (Lipinski definition) is 2. The fourth-order valence-electron chi connectivity index (χ4n) is 2.09. The van der Waals surface area contributed by atoms with E-state index in [-0.39, 0.29) is 0 Å². The highest BCUT2D eigenvalue weighted by Crippen LogP contribution is 2.34. The van der Waals surface area contributed by atoms with Gasteiger partial charge in [0, 0.05) is 19.6 Å². The predicted molar refractivity (Wildman–Crippen MR) is 90.5 cm³/mol. The second-order valence-corrected chi connectivity index (χ2v) is 6.95. The van der Waals surface area contributed by atoms with Crippen LogP contribution in [0.1, 0.15) is 22.3 Å². The molecule has 2 aromatic rings. The zero-order valence-electron chi connectivity index (χ0n) is 11.6. The number of aryl methyl sites for hydroxylation is 4. The Labute approximate surface area is 130 Å². The molecule has 0 spiro atoms. The maximum atomic E-state index is 4.51. The number of rotatable bonds is 2. The maximum absolute atomic E-state index is 4.51. The van der Waals surface area contributed by atoms with Gasteiger partial charge in [-0.15, -0.1) is 25.3 Å². The topological polar surface area (TPSA) is 0 Å². The van der Waals surface area contributed by atoms with Gasteiger partial charge in [0.2, 0.25) is 0 Å². The summed E-state index contributed by atoms with van der Waals surface area (Å²) in [6.07, 6.45) is 0. The summed E-state index contributed by atoms with van der Waals surface area (Å²) in [5.74, 6) is 0. The molecule has 100 valence electrons. The second kappa shape index (κ2) is 5.86. The summed E-state index contributed by atoms with van der Waals surface area (Å²) in [5, 5.41) is 0. The third kappa shape index (κ3) is 3.33. The first-order valence-electron chi connectivity index (χ1n) is 6.16. The molecule has 0 saturated heterocycles. The average molecular weight is 307 g/mol. The van der Waals surface area contributed by atoms with E-state index in [2.05, 4.69) is 77.2 Å². The Balaban J connectivity index is 2.36. The molecule has 0 aliphatic rings. The first-order valence-corrected chi connectivity index (χ1v) is 7.88. The van der Waals surface area contributed by atoms with Crippen molar-refractivity contribution in [2.45, 2.75) is 47.3 Å². The predicted octanol–water partition coefficient (Wildman–Crippen LogP) is 5.65. The molecule has 19 heavy (non-hydrogen) atoms. The lowest BCUT2D eigenvalue weighted by molar-refractivity contribution is 1.16. The Morgan fingerprint density at radius 1 is 0.632 bits per heavy atom. The van der Waals surface area contributed by atoms with Crippen molar-refractivity contribution < 1.29 is 0 Å². The van der Waals surface area contributed by atoms with Gasteiger partial charge in [-0.3, -0.25) is 0 Å². The Morgan fingerprint density at radius 3 is 1.16 bits per heavy atom. The number of hydrogen-bond acceptors (Lipinski definition) is 3. The van der Waals surface area contributed by atoms with Crippen LogP contribution < -0.4 is 0 Å². The van der Waals surface area contributed by atoms with E-state index in [1.807, 2.05) is 0 Å². The summed E-state index contributed by atoms with van der Waals surface area (Å²) in [5.41, 5.74) is 4.91. The van der Waals surface area contributed by atoms with E-state index >= 15 is 0 Å². The summed E-state index contributed by atoms with van der Waals surface area (Å²) < 4.78 is 0.